The number of pyridine rings is 1. The van der Waals surface area contributed by atoms with Gasteiger partial charge in [-0.15, -0.1) is 0 Å². The fourth-order valence-corrected chi connectivity index (χ4v) is 2.44. The van der Waals surface area contributed by atoms with E-state index in [2.05, 4.69) is 16.0 Å². The summed E-state index contributed by atoms with van der Waals surface area (Å²) >= 11 is 0. The molecule has 0 amide bonds. The molecule has 2 N–H and O–H groups in total. The van der Waals surface area contributed by atoms with Gasteiger partial charge in [0, 0.05) is 24.3 Å². The van der Waals surface area contributed by atoms with Crippen molar-refractivity contribution in [1.29, 1.82) is 0 Å². The van der Waals surface area contributed by atoms with Crippen LogP contribution in [0.25, 0.3) is 0 Å². The summed E-state index contributed by atoms with van der Waals surface area (Å²) in [7, 11) is 0. The van der Waals surface area contributed by atoms with Crippen LogP contribution in [-0.2, 0) is 6.54 Å². The van der Waals surface area contributed by atoms with E-state index in [1.165, 1.54) is 12.8 Å². The van der Waals surface area contributed by atoms with Gasteiger partial charge < -0.3 is 15.4 Å². The average Bonchev–Trinajstić information content (AvgIpc) is 3.32. The SMILES string of the molecule is CCOc1cccc(N(Cc2ccccc2N)C2CC2)n1. The Bertz CT molecular complexity index is 610. The van der Waals surface area contributed by atoms with Crippen LogP contribution in [0.5, 0.6) is 5.88 Å². The van der Waals surface area contributed by atoms with Crippen molar-refractivity contribution >= 4 is 11.5 Å². The molecule has 21 heavy (non-hydrogen) atoms. The van der Waals surface area contributed by atoms with E-state index in [9.17, 15) is 0 Å². The minimum atomic E-state index is 0.564. The summed E-state index contributed by atoms with van der Waals surface area (Å²) < 4.78 is 5.51. The van der Waals surface area contributed by atoms with Crippen LogP contribution in [0.1, 0.15) is 25.3 Å². The maximum atomic E-state index is 6.07. The molecular weight excluding hydrogens is 262 g/mol. The van der Waals surface area contributed by atoms with Crippen molar-refractivity contribution in [1.82, 2.24) is 4.98 Å². The zero-order valence-corrected chi connectivity index (χ0v) is 12.3. The number of nitrogens with two attached hydrogens (primary N) is 1. The number of hydrogen-bond donors (Lipinski definition) is 1. The minimum Gasteiger partial charge on any atom is -0.478 e. The second-order valence-electron chi connectivity index (χ2n) is 5.32. The van der Waals surface area contributed by atoms with E-state index in [1.807, 2.05) is 43.3 Å². The molecule has 0 bridgehead atoms. The lowest BCUT2D eigenvalue weighted by Gasteiger charge is -2.24. The van der Waals surface area contributed by atoms with Gasteiger partial charge in [-0.2, -0.15) is 4.98 Å². The van der Waals surface area contributed by atoms with E-state index in [0.29, 0.717) is 18.5 Å². The first-order valence-corrected chi connectivity index (χ1v) is 7.48. The zero-order valence-electron chi connectivity index (χ0n) is 12.3. The number of nitrogens with zero attached hydrogens (tertiary/aromatic N) is 2. The Morgan fingerprint density at radius 1 is 1.19 bits per heavy atom. The van der Waals surface area contributed by atoms with E-state index < -0.39 is 0 Å². The van der Waals surface area contributed by atoms with Crippen molar-refractivity contribution < 1.29 is 4.74 Å². The number of aromatic nitrogens is 1. The predicted molar refractivity (Wildman–Crippen MR) is 85.5 cm³/mol. The first-order valence-electron chi connectivity index (χ1n) is 7.48. The van der Waals surface area contributed by atoms with Crippen LogP contribution in [0.3, 0.4) is 0 Å². The maximum Gasteiger partial charge on any atom is 0.215 e. The molecule has 1 aromatic carbocycles. The average molecular weight is 283 g/mol. The third-order valence-corrected chi connectivity index (χ3v) is 3.68. The molecule has 110 valence electrons. The van der Waals surface area contributed by atoms with Gasteiger partial charge in [0.05, 0.1) is 6.61 Å². The predicted octanol–water partition coefficient (Wildman–Crippen LogP) is 3.23. The van der Waals surface area contributed by atoms with Crippen molar-refractivity contribution in [3.63, 3.8) is 0 Å². The highest BCUT2D eigenvalue weighted by molar-refractivity contribution is 5.51. The fraction of sp³-hybridized carbons (Fsp3) is 0.353. The Hall–Kier alpha value is -2.23. The lowest BCUT2D eigenvalue weighted by Crippen LogP contribution is -2.26. The van der Waals surface area contributed by atoms with Crippen LogP contribution in [0.4, 0.5) is 11.5 Å². The Morgan fingerprint density at radius 3 is 2.71 bits per heavy atom. The lowest BCUT2D eigenvalue weighted by atomic mass is 10.1. The van der Waals surface area contributed by atoms with E-state index >= 15 is 0 Å². The van der Waals surface area contributed by atoms with Gasteiger partial charge in [0.2, 0.25) is 5.88 Å². The molecule has 0 atom stereocenters. The van der Waals surface area contributed by atoms with Crippen LogP contribution in [0.2, 0.25) is 0 Å². The number of rotatable bonds is 6. The molecule has 4 heteroatoms. The summed E-state index contributed by atoms with van der Waals surface area (Å²) in [6, 6.07) is 14.5. The minimum absolute atomic E-state index is 0.564. The van der Waals surface area contributed by atoms with E-state index in [1.54, 1.807) is 0 Å². The third-order valence-electron chi connectivity index (χ3n) is 3.68. The maximum absolute atomic E-state index is 6.07. The monoisotopic (exact) mass is 283 g/mol. The number of ether oxygens (including phenoxy) is 1. The van der Waals surface area contributed by atoms with Crippen molar-refractivity contribution in [2.75, 3.05) is 17.2 Å². The first kappa shape index (κ1) is 13.7. The molecule has 0 radical (unpaired) electrons. The summed E-state index contributed by atoms with van der Waals surface area (Å²) in [5.74, 6) is 1.65. The molecule has 4 nitrogen and oxygen atoms in total. The largest absolute Gasteiger partial charge is 0.478 e. The molecule has 1 saturated carbocycles. The number of para-hydroxylation sites is 1. The molecule has 1 fully saturated rings. The molecule has 1 aromatic heterocycles. The van der Waals surface area contributed by atoms with Gasteiger partial charge in [0.15, 0.2) is 0 Å². The standard InChI is InChI=1S/C17H21N3O/c1-2-21-17-9-5-8-16(19-17)20(14-10-11-14)12-13-6-3-4-7-15(13)18/h3-9,14H,2,10-12,18H2,1H3. The molecule has 0 aliphatic heterocycles. The van der Waals surface area contributed by atoms with Crippen molar-refractivity contribution in [2.24, 2.45) is 0 Å². The molecule has 1 aliphatic carbocycles. The Morgan fingerprint density at radius 2 is 2.00 bits per heavy atom. The van der Waals surface area contributed by atoms with Gasteiger partial charge >= 0.3 is 0 Å². The molecule has 3 rings (SSSR count). The molecule has 0 saturated heterocycles. The van der Waals surface area contributed by atoms with Gasteiger partial charge in [0.1, 0.15) is 5.82 Å². The number of benzene rings is 1. The number of nitrogen functional groups attached to an aromatic ring is 1. The molecule has 1 aliphatic rings. The second kappa shape index (κ2) is 6.04. The third kappa shape index (κ3) is 3.27. The summed E-state index contributed by atoms with van der Waals surface area (Å²) in [5.41, 5.74) is 8.06. The summed E-state index contributed by atoms with van der Waals surface area (Å²) in [6.07, 6.45) is 2.43. The molecule has 2 aromatic rings. The van der Waals surface area contributed by atoms with Crippen LogP contribution in [-0.4, -0.2) is 17.6 Å². The Kier molecular flexibility index (Phi) is 3.95. The van der Waals surface area contributed by atoms with Crippen LogP contribution < -0.4 is 15.4 Å². The Balaban J connectivity index is 1.85. The highest BCUT2D eigenvalue weighted by Gasteiger charge is 2.30. The first-order chi connectivity index (χ1) is 10.3. The quantitative estimate of drug-likeness (QED) is 0.827. The van der Waals surface area contributed by atoms with Gasteiger partial charge in [0.25, 0.3) is 0 Å². The summed E-state index contributed by atoms with van der Waals surface area (Å²) in [6.45, 7) is 3.39. The van der Waals surface area contributed by atoms with E-state index in [0.717, 1.165) is 23.6 Å². The summed E-state index contributed by atoms with van der Waals surface area (Å²) in [5, 5.41) is 0. The molecular formula is C17H21N3O. The van der Waals surface area contributed by atoms with E-state index in [4.69, 9.17) is 10.5 Å². The molecule has 0 spiro atoms. The fourth-order valence-electron chi connectivity index (χ4n) is 2.44. The smallest absolute Gasteiger partial charge is 0.215 e. The summed E-state index contributed by atoms with van der Waals surface area (Å²) in [4.78, 5) is 6.94. The van der Waals surface area contributed by atoms with Gasteiger partial charge in [-0.25, -0.2) is 0 Å². The number of hydrogen-bond acceptors (Lipinski definition) is 4. The Labute approximate surface area is 125 Å². The zero-order chi connectivity index (χ0) is 14.7. The number of anilines is 2. The highest BCUT2D eigenvalue weighted by atomic mass is 16.5. The van der Waals surface area contributed by atoms with Crippen LogP contribution in [0, 0.1) is 0 Å². The van der Waals surface area contributed by atoms with Gasteiger partial charge in [-0.05, 0) is 37.5 Å². The highest BCUT2D eigenvalue weighted by Crippen LogP contribution is 2.33. The molecule has 1 heterocycles. The lowest BCUT2D eigenvalue weighted by molar-refractivity contribution is 0.327. The topological polar surface area (TPSA) is 51.4 Å². The van der Waals surface area contributed by atoms with Crippen LogP contribution >= 0.6 is 0 Å². The second-order valence-corrected chi connectivity index (χ2v) is 5.32. The normalized spacial score (nSPS) is 14.0. The van der Waals surface area contributed by atoms with Crippen molar-refractivity contribution in [3.8, 4) is 5.88 Å². The van der Waals surface area contributed by atoms with Gasteiger partial charge in [-0.3, -0.25) is 0 Å². The molecule has 0 unspecified atom stereocenters. The van der Waals surface area contributed by atoms with E-state index in [-0.39, 0.29) is 0 Å². The van der Waals surface area contributed by atoms with Crippen LogP contribution in [0.15, 0.2) is 42.5 Å². The van der Waals surface area contributed by atoms with Crippen molar-refractivity contribution in [2.45, 2.75) is 32.4 Å². The van der Waals surface area contributed by atoms with Crippen molar-refractivity contribution in [3.05, 3.63) is 48.0 Å². The van der Waals surface area contributed by atoms with Gasteiger partial charge in [-0.1, -0.05) is 24.3 Å².